The number of carbonyl (C=O) groups is 2. The number of ketones is 1. The number of aromatic nitrogens is 1. The molecule has 0 atom stereocenters. The van der Waals surface area contributed by atoms with Crippen LogP contribution in [-0.2, 0) is 9.47 Å². The van der Waals surface area contributed by atoms with Crippen molar-refractivity contribution in [1.29, 1.82) is 0 Å². The van der Waals surface area contributed by atoms with Crippen molar-refractivity contribution in [1.82, 2.24) is 4.98 Å². The number of carbonyl (C=O) groups excluding carboxylic acids is 2. The molecular formula is C25H25N3O4. The topological polar surface area (TPSA) is 80.8 Å². The summed E-state index contributed by atoms with van der Waals surface area (Å²) in [6.07, 6.45) is 2.74. The predicted octanol–water partition coefficient (Wildman–Crippen LogP) is 4.54. The Morgan fingerprint density at radius 2 is 1.88 bits per heavy atom. The molecule has 2 heterocycles. The molecule has 0 radical (unpaired) electrons. The van der Waals surface area contributed by atoms with E-state index in [1.807, 2.05) is 24.3 Å². The molecule has 2 aromatic carbocycles. The molecule has 1 aromatic heterocycles. The number of fused-ring (bicyclic) bond motifs is 1. The first-order valence-corrected chi connectivity index (χ1v) is 10.6. The number of allylic oxidation sites excluding steroid dienone is 1. The Balaban J connectivity index is 1.53. The number of rotatable bonds is 6. The molecule has 7 heteroatoms. The normalized spacial score (nSPS) is 14.0. The van der Waals surface area contributed by atoms with Crippen LogP contribution in [0.15, 0.2) is 60.7 Å². The van der Waals surface area contributed by atoms with Gasteiger partial charge in [-0.1, -0.05) is 18.2 Å². The highest BCUT2D eigenvalue weighted by Gasteiger charge is 2.15. The lowest BCUT2D eigenvalue weighted by molar-refractivity contribution is 0.104. The van der Waals surface area contributed by atoms with Crippen LogP contribution in [0.1, 0.15) is 23.0 Å². The molecule has 0 bridgehead atoms. The van der Waals surface area contributed by atoms with Crippen LogP contribution < -0.4 is 10.2 Å². The molecular weight excluding hydrogens is 406 g/mol. The fraction of sp³-hybridized carbons (Fsp3) is 0.240. The first kappa shape index (κ1) is 21.5. The minimum atomic E-state index is -0.523. The molecule has 1 saturated heterocycles. The highest BCUT2D eigenvalue weighted by molar-refractivity contribution is 6.07. The van der Waals surface area contributed by atoms with Gasteiger partial charge in [-0.05, 0) is 55.5 Å². The van der Waals surface area contributed by atoms with E-state index in [0.717, 1.165) is 35.4 Å². The maximum Gasteiger partial charge on any atom is 0.411 e. The maximum atomic E-state index is 12.7. The first-order chi connectivity index (χ1) is 15.6. The highest BCUT2D eigenvalue weighted by atomic mass is 16.5. The second-order valence-electron chi connectivity index (χ2n) is 7.30. The Bertz CT molecular complexity index is 1140. The number of para-hydroxylation sites is 1. The third-order valence-electron chi connectivity index (χ3n) is 5.16. The standard InChI is InChI=1S/C25H25N3O4/c1-2-32-25(30)27-19-9-7-18(8-10-19)24(29)12-11-20-17-23(28-13-15-31-16-14-28)21-5-3-4-6-22(21)26-20/h3-12,17H,2,13-16H2,1H3,(H,27,30)/b12-11+. The predicted molar refractivity (Wildman–Crippen MR) is 125 cm³/mol. The van der Waals surface area contributed by atoms with Gasteiger partial charge in [-0.15, -0.1) is 0 Å². The van der Waals surface area contributed by atoms with Crippen molar-refractivity contribution in [2.24, 2.45) is 0 Å². The molecule has 1 fully saturated rings. The van der Waals surface area contributed by atoms with Gasteiger partial charge in [0.25, 0.3) is 0 Å². The average Bonchev–Trinajstić information content (AvgIpc) is 2.83. The quantitative estimate of drug-likeness (QED) is 0.456. The van der Waals surface area contributed by atoms with Gasteiger partial charge in [0.2, 0.25) is 0 Å². The third kappa shape index (κ3) is 5.12. The Morgan fingerprint density at radius 1 is 1.12 bits per heavy atom. The number of benzene rings is 2. The molecule has 0 unspecified atom stereocenters. The summed E-state index contributed by atoms with van der Waals surface area (Å²) in [6.45, 7) is 5.07. The van der Waals surface area contributed by atoms with E-state index in [-0.39, 0.29) is 5.78 Å². The van der Waals surface area contributed by atoms with Crippen LogP contribution in [0.3, 0.4) is 0 Å². The molecule has 1 N–H and O–H groups in total. The number of pyridine rings is 1. The Kier molecular flexibility index (Phi) is 6.77. The van der Waals surface area contributed by atoms with Gasteiger partial charge in [0, 0.05) is 35.4 Å². The van der Waals surface area contributed by atoms with Crippen molar-refractivity contribution < 1.29 is 19.1 Å². The van der Waals surface area contributed by atoms with Gasteiger partial charge in [-0.25, -0.2) is 9.78 Å². The summed E-state index contributed by atoms with van der Waals surface area (Å²) < 4.78 is 10.3. The zero-order valence-electron chi connectivity index (χ0n) is 17.9. The number of ether oxygens (including phenoxy) is 2. The van der Waals surface area contributed by atoms with Gasteiger partial charge in [0.15, 0.2) is 5.78 Å². The monoisotopic (exact) mass is 431 g/mol. The molecule has 0 aliphatic carbocycles. The SMILES string of the molecule is CCOC(=O)Nc1ccc(C(=O)/C=C/c2cc(N3CCOCC3)c3ccccc3n2)cc1. The highest BCUT2D eigenvalue weighted by Crippen LogP contribution is 2.28. The Morgan fingerprint density at radius 3 is 2.62 bits per heavy atom. The molecule has 0 spiro atoms. The van der Waals surface area contributed by atoms with Crippen LogP contribution in [0.25, 0.3) is 17.0 Å². The minimum absolute atomic E-state index is 0.143. The van der Waals surface area contributed by atoms with Crippen LogP contribution in [0.4, 0.5) is 16.2 Å². The number of nitrogens with one attached hydrogen (secondary N) is 1. The lowest BCUT2D eigenvalue weighted by Gasteiger charge is -2.30. The lowest BCUT2D eigenvalue weighted by Crippen LogP contribution is -2.36. The smallest absolute Gasteiger partial charge is 0.411 e. The molecule has 7 nitrogen and oxygen atoms in total. The van der Waals surface area contributed by atoms with Gasteiger partial charge >= 0.3 is 6.09 Å². The van der Waals surface area contributed by atoms with Gasteiger partial charge in [-0.3, -0.25) is 10.1 Å². The summed E-state index contributed by atoms with van der Waals surface area (Å²) >= 11 is 0. The van der Waals surface area contributed by atoms with E-state index in [0.29, 0.717) is 31.1 Å². The van der Waals surface area contributed by atoms with Gasteiger partial charge in [0.05, 0.1) is 31.0 Å². The fourth-order valence-corrected chi connectivity index (χ4v) is 3.59. The summed E-state index contributed by atoms with van der Waals surface area (Å²) in [5.41, 5.74) is 3.79. The number of morpholine rings is 1. The van der Waals surface area contributed by atoms with E-state index in [4.69, 9.17) is 14.5 Å². The van der Waals surface area contributed by atoms with Gasteiger partial charge < -0.3 is 14.4 Å². The minimum Gasteiger partial charge on any atom is -0.450 e. The van der Waals surface area contributed by atoms with E-state index in [9.17, 15) is 9.59 Å². The average molecular weight is 431 g/mol. The summed E-state index contributed by atoms with van der Waals surface area (Å²) in [5.74, 6) is -0.143. The number of hydrogen-bond donors (Lipinski definition) is 1. The molecule has 1 amide bonds. The summed E-state index contributed by atoms with van der Waals surface area (Å²) in [5, 5.41) is 3.69. The van der Waals surface area contributed by atoms with E-state index in [1.54, 1.807) is 37.3 Å². The van der Waals surface area contributed by atoms with Crippen LogP contribution in [0.2, 0.25) is 0 Å². The summed E-state index contributed by atoms with van der Waals surface area (Å²) in [7, 11) is 0. The number of hydrogen-bond acceptors (Lipinski definition) is 6. The van der Waals surface area contributed by atoms with Crippen molar-refractivity contribution in [2.45, 2.75) is 6.92 Å². The lowest BCUT2D eigenvalue weighted by atomic mass is 10.1. The number of anilines is 2. The van der Waals surface area contributed by atoms with E-state index in [1.165, 1.54) is 6.08 Å². The van der Waals surface area contributed by atoms with Crippen LogP contribution >= 0.6 is 0 Å². The molecule has 0 saturated carbocycles. The second-order valence-corrected chi connectivity index (χ2v) is 7.30. The van der Waals surface area contributed by atoms with Gasteiger partial charge in [0.1, 0.15) is 0 Å². The van der Waals surface area contributed by atoms with Crippen molar-refractivity contribution in [3.63, 3.8) is 0 Å². The molecule has 32 heavy (non-hydrogen) atoms. The number of nitrogens with zero attached hydrogens (tertiary/aromatic N) is 2. The van der Waals surface area contributed by atoms with Crippen LogP contribution in [0.5, 0.6) is 0 Å². The van der Waals surface area contributed by atoms with Gasteiger partial charge in [-0.2, -0.15) is 0 Å². The largest absolute Gasteiger partial charge is 0.450 e. The molecule has 4 rings (SSSR count). The Labute approximate surface area is 186 Å². The second kappa shape index (κ2) is 10.1. The third-order valence-corrected chi connectivity index (χ3v) is 5.16. The van der Waals surface area contributed by atoms with E-state index >= 15 is 0 Å². The van der Waals surface area contributed by atoms with Crippen LogP contribution in [-0.4, -0.2) is 49.8 Å². The fourth-order valence-electron chi connectivity index (χ4n) is 3.59. The molecule has 3 aromatic rings. The van der Waals surface area contributed by atoms with Crippen molar-refractivity contribution >= 4 is 40.2 Å². The van der Waals surface area contributed by atoms with Crippen molar-refractivity contribution in [3.8, 4) is 0 Å². The van der Waals surface area contributed by atoms with Crippen molar-refractivity contribution in [3.05, 3.63) is 71.9 Å². The zero-order valence-corrected chi connectivity index (χ0v) is 17.9. The zero-order chi connectivity index (χ0) is 22.3. The van der Waals surface area contributed by atoms with Crippen molar-refractivity contribution in [2.75, 3.05) is 43.1 Å². The number of amides is 1. The van der Waals surface area contributed by atoms with E-state index in [2.05, 4.69) is 16.3 Å². The molecule has 164 valence electrons. The molecule has 1 aliphatic rings. The summed E-state index contributed by atoms with van der Waals surface area (Å²) in [6, 6.07) is 16.7. The summed E-state index contributed by atoms with van der Waals surface area (Å²) in [4.78, 5) is 31.1. The van der Waals surface area contributed by atoms with E-state index < -0.39 is 6.09 Å². The first-order valence-electron chi connectivity index (χ1n) is 10.6. The maximum absolute atomic E-state index is 12.7. The van der Waals surface area contributed by atoms with Crippen LogP contribution in [0, 0.1) is 0 Å². The Hall–Kier alpha value is -3.71. The molecule has 1 aliphatic heterocycles.